The van der Waals surface area contributed by atoms with Crippen LogP contribution in [0.4, 0.5) is 13.2 Å². The first-order valence-electron chi connectivity index (χ1n) is 8.76. The maximum atomic E-state index is 13.4. The molecule has 0 radical (unpaired) electrons. The Morgan fingerprint density at radius 2 is 1.75 bits per heavy atom. The van der Waals surface area contributed by atoms with Gasteiger partial charge in [0.2, 0.25) is 0 Å². The van der Waals surface area contributed by atoms with Gasteiger partial charge in [-0.25, -0.2) is 0 Å². The summed E-state index contributed by atoms with van der Waals surface area (Å²) in [5.74, 6) is -0.583. The Bertz CT molecular complexity index is 872. The van der Waals surface area contributed by atoms with E-state index in [0.29, 0.717) is 5.56 Å². The van der Waals surface area contributed by atoms with Crippen molar-refractivity contribution in [3.8, 4) is 11.1 Å². The molecule has 2 aromatic rings. The van der Waals surface area contributed by atoms with Gasteiger partial charge in [0.1, 0.15) is 6.04 Å². The highest BCUT2D eigenvalue weighted by molar-refractivity contribution is 5.75. The molecule has 0 aliphatic heterocycles. The fraction of sp³-hybridized carbons (Fsp3) is 0.400. The van der Waals surface area contributed by atoms with Gasteiger partial charge < -0.3 is 15.0 Å². The van der Waals surface area contributed by atoms with Crippen molar-refractivity contribution >= 4 is 5.97 Å². The largest absolute Gasteiger partial charge is 0.468 e. The molecule has 2 N–H and O–H groups in total. The minimum Gasteiger partial charge on any atom is -0.468 e. The molecule has 1 aromatic heterocycles. The van der Waals surface area contributed by atoms with Crippen LogP contribution < -0.4 is 11.3 Å². The second-order valence-corrected chi connectivity index (χ2v) is 5.97. The first-order valence-corrected chi connectivity index (χ1v) is 8.76. The third-order valence-corrected chi connectivity index (χ3v) is 4.18. The number of nitrogens with two attached hydrogens (primary N) is 1. The van der Waals surface area contributed by atoms with Gasteiger partial charge in [-0.3, -0.25) is 9.59 Å². The first kappa shape index (κ1) is 23.4. The molecular formula is C20H25F3N2O3. The fourth-order valence-electron chi connectivity index (χ4n) is 2.62. The number of carbonyl (C=O) groups excluding carboxylic acids is 1. The number of hydrogen-bond donors (Lipinski definition) is 1. The first-order chi connectivity index (χ1) is 13.1. The van der Waals surface area contributed by atoms with Gasteiger partial charge in [0.15, 0.2) is 0 Å². The van der Waals surface area contributed by atoms with Gasteiger partial charge in [-0.1, -0.05) is 38.1 Å². The number of ether oxygens (including phenoxy) is 1. The van der Waals surface area contributed by atoms with Gasteiger partial charge in [-0.05, 0) is 30.5 Å². The Morgan fingerprint density at radius 3 is 2.21 bits per heavy atom. The van der Waals surface area contributed by atoms with E-state index in [1.807, 2.05) is 13.8 Å². The third kappa shape index (κ3) is 5.22. The molecule has 154 valence electrons. The number of alkyl halides is 3. The maximum absolute atomic E-state index is 13.4. The lowest BCUT2D eigenvalue weighted by Gasteiger charge is -2.16. The number of carbonyl (C=O) groups is 1. The van der Waals surface area contributed by atoms with E-state index in [-0.39, 0.29) is 17.7 Å². The summed E-state index contributed by atoms with van der Waals surface area (Å²) in [4.78, 5) is 23.8. The van der Waals surface area contributed by atoms with Gasteiger partial charge >= 0.3 is 12.1 Å². The highest BCUT2D eigenvalue weighted by Crippen LogP contribution is 2.35. The zero-order valence-electron chi connectivity index (χ0n) is 16.6. The molecule has 0 saturated carbocycles. The van der Waals surface area contributed by atoms with Crippen LogP contribution in [0.25, 0.3) is 11.1 Å². The van der Waals surface area contributed by atoms with Gasteiger partial charge in [0.25, 0.3) is 5.56 Å². The second-order valence-electron chi connectivity index (χ2n) is 5.97. The fourth-order valence-corrected chi connectivity index (χ4v) is 2.62. The quantitative estimate of drug-likeness (QED) is 0.801. The predicted molar refractivity (Wildman–Crippen MR) is 102 cm³/mol. The smallest absolute Gasteiger partial charge is 0.417 e. The minimum atomic E-state index is -4.65. The lowest BCUT2D eigenvalue weighted by atomic mass is 9.97. The Labute approximate surface area is 161 Å². The van der Waals surface area contributed by atoms with E-state index in [2.05, 4.69) is 4.74 Å². The number of aryl methyl sites for hydroxylation is 1. The second kappa shape index (κ2) is 9.54. The van der Waals surface area contributed by atoms with Crippen molar-refractivity contribution in [2.75, 3.05) is 7.11 Å². The number of methoxy groups -OCH3 is 1. The summed E-state index contributed by atoms with van der Waals surface area (Å²) < 4.78 is 45.9. The summed E-state index contributed by atoms with van der Waals surface area (Å²) in [5, 5.41) is 0. The van der Waals surface area contributed by atoms with E-state index in [4.69, 9.17) is 5.73 Å². The average molecular weight is 398 g/mol. The molecule has 5 nitrogen and oxygen atoms in total. The molecule has 2 rings (SSSR count). The molecule has 0 fully saturated rings. The zero-order valence-corrected chi connectivity index (χ0v) is 16.6. The number of hydrogen-bond acceptors (Lipinski definition) is 4. The summed E-state index contributed by atoms with van der Waals surface area (Å²) in [7, 11) is 2.64. The molecule has 0 saturated heterocycles. The molecule has 1 atom stereocenters. The Morgan fingerprint density at radius 1 is 1.21 bits per heavy atom. The lowest BCUT2D eigenvalue weighted by Crippen LogP contribution is -2.33. The molecule has 0 aliphatic carbocycles. The molecular weight excluding hydrogens is 373 g/mol. The standard InChI is InChI=1S/C18H19F3N2O3.C2H6/c1-10-8-13(18(19,20)21)15(16(24)23(10)2)12-6-4-11(5-7-12)9-14(22)17(25)26-3;1-2/h4-8,14H,9,22H2,1-3H3;1-2H3/t14-;/m0./s1. The molecule has 8 heteroatoms. The Balaban J connectivity index is 0.00000190. The van der Waals surface area contributed by atoms with Gasteiger partial charge in [-0.15, -0.1) is 0 Å². The zero-order chi connectivity index (χ0) is 21.6. The van der Waals surface area contributed by atoms with Crippen molar-refractivity contribution in [2.45, 2.75) is 39.4 Å². The summed E-state index contributed by atoms with van der Waals surface area (Å²) in [5.41, 5.74) is 4.57. The summed E-state index contributed by atoms with van der Waals surface area (Å²) >= 11 is 0. The van der Waals surface area contributed by atoms with Crippen LogP contribution in [-0.2, 0) is 29.2 Å². The van der Waals surface area contributed by atoms with Crippen LogP contribution >= 0.6 is 0 Å². The van der Waals surface area contributed by atoms with Crippen LogP contribution in [0.3, 0.4) is 0 Å². The van der Waals surface area contributed by atoms with Crippen LogP contribution in [0.5, 0.6) is 0 Å². The van der Waals surface area contributed by atoms with Crippen LogP contribution in [-0.4, -0.2) is 23.7 Å². The number of nitrogens with zero attached hydrogens (tertiary/aromatic N) is 1. The van der Waals surface area contributed by atoms with Gasteiger partial charge in [0, 0.05) is 12.7 Å². The van der Waals surface area contributed by atoms with E-state index >= 15 is 0 Å². The van der Waals surface area contributed by atoms with Crippen molar-refractivity contribution in [3.05, 3.63) is 57.5 Å². The van der Waals surface area contributed by atoms with Crippen LogP contribution in [0.15, 0.2) is 35.1 Å². The highest BCUT2D eigenvalue weighted by Gasteiger charge is 2.36. The Kier molecular flexibility index (Phi) is 7.99. The summed E-state index contributed by atoms with van der Waals surface area (Å²) in [6, 6.07) is 6.00. The van der Waals surface area contributed by atoms with Gasteiger partial charge in [-0.2, -0.15) is 13.2 Å². The number of aromatic nitrogens is 1. The summed E-state index contributed by atoms with van der Waals surface area (Å²) in [6.07, 6.45) is -4.48. The van der Waals surface area contributed by atoms with Crippen molar-refractivity contribution in [3.63, 3.8) is 0 Å². The molecule has 0 amide bonds. The lowest BCUT2D eigenvalue weighted by molar-refractivity contribution is -0.142. The number of pyridine rings is 1. The minimum absolute atomic E-state index is 0.147. The average Bonchev–Trinajstić information content (AvgIpc) is 2.66. The van der Waals surface area contributed by atoms with E-state index in [0.717, 1.165) is 6.07 Å². The van der Waals surface area contributed by atoms with Gasteiger partial charge in [0.05, 0.1) is 18.2 Å². The number of benzene rings is 1. The van der Waals surface area contributed by atoms with E-state index < -0.39 is 34.9 Å². The van der Waals surface area contributed by atoms with E-state index in [9.17, 15) is 22.8 Å². The topological polar surface area (TPSA) is 74.3 Å². The van der Waals surface area contributed by atoms with E-state index in [1.54, 1.807) is 0 Å². The normalized spacial score (nSPS) is 12.0. The highest BCUT2D eigenvalue weighted by atomic mass is 19.4. The summed E-state index contributed by atoms with van der Waals surface area (Å²) in [6.45, 7) is 5.44. The predicted octanol–water partition coefficient (Wildman–Crippen LogP) is 3.45. The SMILES string of the molecule is CC.COC(=O)[C@@H](N)Cc1ccc(-c2c(C(F)(F)F)cc(C)n(C)c2=O)cc1. The molecule has 0 aliphatic rings. The van der Waals surface area contributed by atoms with Crippen molar-refractivity contribution in [2.24, 2.45) is 12.8 Å². The van der Waals surface area contributed by atoms with E-state index in [1.165, 1.54) is 49.9 Å². The van der Waals surface area contributed by atoms with Crippen molar-refractivity contribution in [1.29, 1.82) is 0 Å². The molecule has 1 heterocycles. The number of rotatable bonds is 4. The third-order valence-electron chi connectivity index (χ3n) is 4.18. The molecule has 0 bridgehead atoms. The Hall–Kier alpha value is -2.61. The van der Waals surface area contributed by atoms with Crippen LogP contribution in [0, 0.1) is 6.92 Å². The van der Waals surface area contributed by atoms with Crippen molar-refractivity contribution < 1.29 is 22.7 Å². The monoisotopic (exact) mass is 398 g/mol. The number of halogens is 3. The molecule has 28 heavy (non-hydrogen) atoms. The van der Waals surface area contributed by atoms with Crippen LogP contribution in [0.2, 0.25) is 0 Å². The molecule has 0 spiro atoms. The number of esters is 1. The van der Waals surface area contributed by atoms with Crippen LogP contribution in [0.1, 0.15) is 30.7 Å². The maximum Gasteiger partial charge on any atom is 0.417 e. The van der Waals surface area contributed by atoms with Crippen molar-refractivity contribution in [1.82, 2.24) is 4.57 Å². The molecule has 0 unspecified atom stereocenters. The molecule has 1 aromatic carbocycles.